The highest BCUT2D eigenvalue weighted by molar-refractivity contribution is 9.10. The van der Waals surface area contributed by atoms with Crippen molar-refractivity contribution in [3.63, 3.8) is 0 Å². The van der Waals surface area contributed by atoms with E-state index < -0.39 is 0 Å². The highest BCUT2D eigenvalue weighted by Crippen LogP contribution is 2.40. The van der Waals surface area contributed by atoms with Crippen LogP contribution in [0.4, 0.5) is 0 Å². The van der Waals surface area contributed by atoms with Gasteiger partial charge in [0.05, 0.1) is 11.7 Å². The van der Waals surface area contributed by atoms with E-state index in [9.17, 15) is 5.11 Å². The molecule has 0 aliphatic carbocycles. The van der Waals surface area contributed by atoms with Crippen molar-refractivity contribution in [1.29, 1.82) is 0 Å². The summed E-state index contributed by atoms with van der Waals surface area (Å²) in [6.45, 7) is 0.757. The molecule has 7 heteroatoms. The summed E-state index contributed by atoms with van der Waals surface area (Å²) in [6, 6.07) is 17.6. The van der Waals surface area contributed by atoms with Gasteiger partial charge in [0, 0.05) is 29.4 Å². The molecule has 0 unspecified atom stereocenters. The number of aliphatic hydroxyl groups is 1. The van der Waals surface area contributed by atoms with E-state index in [0.29, 0.717) is 18.1 Å². The van der Waals surface area contributed by atoms with Gasteiger partial charge in [-0.15, -0.1) is 0 Å². The number of furan rings is 1. The maximum Gasteiger partial charge on any atom is 0.170 e. The molecule has 28 heavy (non-hydrogen) atoms. The summed E-state index contributed by atoms with van der Waals surface area (Å²) in [5, 5.41) is 13.3. The maximum absolute atomic E-state index is 9.30. The number of halogens is 1. The van der Waals surface area contributed by atoms with Gasteiger partial charge in [-0.25, -0.2) is 0 Å². The first-order valence-electron chi connectivity index (χ1n) is 9.12. The molecule has 0 radical (unpaired) electrons. The summed E-state index contributed by atoms with van der Waals surface area (Å²) in [5.41, 5.74) is 1.92. The molecule has 4 rings (SSSR count). The van der Waals surface area contributed by atoms with Crippen LogP contribution in [0.25, 0.3) is 11.3 Å². The Morgan fingerprint density at radius 3 is 2.68 bits per heavy atom. The molecular weight excluding hydrogens is 438 g/mol. The van der Waals surface area contributed by atoms with Gasteiger partial charge >= 0.3 is 0 Å². The molecule has 0 bridgehead atoms. The number of pyridine rings is 1. The number of benzene rings is 1. The standard InChI is InChI=1S/C21H20BrN3O2S/c22-15-7-5-14(6-8-15)17-9-10-18(27-17)20-19(16-4-1-2-11-23-16)24-21(28)25(20)12-3-13-26/h1-2,4-11,19-20,26H,3,12-13H2,(H,24,28)/t19-,20-/m0/s1. The molecule has 2 atom stereocenters. The van der Waals surface area contributed by atoms with Gasteiger partial charge in [-0.05, 0) is 55.0 Å². The van der Waals surface area contributed by atoms with Crippen LogP contribution >= 0.6 is 28.1 Å². The SMILES string of the molecule is OCCCN1C(=S)N[C@@H](c2ccccn2)[C@@H]1c1ccc(-c2ccc(Br)cc2)o1. The molecule has 1 aromatic carbocycles. The second-order valence-electron chi connectivity index (χ2n) is 6.61. The average Bonchev–Trinajstić information content (AvgIpc) is 3.32. The van der Waals surface area contributed by atoms with Crippen molar-refractivity contribution in [2.75, 3.05) is 13.2 Å². The van der Waals surface area contributed by atoms with Gasteiger partial charge in [-0.3, -0.25) is 4.98 Å². The summed E-state index contributed by atoms with van der Waals surface area (Å²) in [6.07, 6.45) is 2.41. The van der Waals surface area contributed by atoms with E-state index in [1.807, 2.05) is 54.6 Å². The zero-order chi connectivity index (χ0) is 19.5. The Morgan fingerprint density at radius 1 is 1.14 bits per heavy atom. The van der Waals surface area contributed by atoms with E-state index in [1.54, 1.807) is 6.20 Å². The zero-order valence-electron chi connectivity index (χ0n) is 15.1. The summed E-state index contributed by atoms with van der Waals surface area (Å²) in [4.78, 5) is 6.59. The summed E-state index contributed by atoms with van der Waals surface area (Å²) >= 11 is 9.04. The number of aromatic nitrogens is 1. The van der Waals surface area contributed by atoms with Crippen LogP contribution in [0.3, 0.4) is 0 Å². The molecule has 2 N–H and O–H groups in total. The number of rotatable bonds is 6. The Hall–Kier alpha value is -2.22. The zero-order valence-corrected chi connectivity index (χ0v) is 17.5. The van der Waals surface area contributed by atoms with Crippen LogP contribution < -0.4 is 5.32 Å². The molecule has 3 heterocycles. The maximum atomic E-state index is 9.30. The van der Waals surface area contributed by atoms with Crippen molar-refractivity contribution in [2.45, 2.75) is 18.5 Å². The van der Waals surface area contributed by atoms with Crippen LogP contribution in [0.5, 0.6) is 0 Å². The molecule has 1 aliphatic heterocycles. The molecule has 0 saturated carbocycles. The smallest absolute Gasteiger partial charge is 0.170 e. The molecule has 3 aromatic rings. The average molecular weight is 458 g/mol. The minimum absolute atomic E-state index is 0.113. The first kappa shape index (κ1) is 19.1. The first-order chi connectivity index (χ1) is 13.7. The second kappa shape index (κ2) is 8.43. The lowest BCUT2D eigenvalue weighted by Crippen LogP contribution is -2.30. The largest absolute Gasteiger partial charge is 0.459 e. The molecule has 1 saturated heterocycles. The number of hydrogen-bond donors (Lipinski definition) is 2. The van der Waals surface area contributed by atoms with Crippen LogP contribution in [0.1, 0.15) is 30.0 Å². The van der Waals surface area contributed by atoms with Gasteiger partial charge in [0.2, 0.25) is 0 Å². The lowest BCUT2D eigenvalue weighted by molar-refractivity contribution is 0.233. The van der Waals surface area contributed by atoms with E-state index in [0.717, 1.165) is 27.3 Å². The summed E-state index contributed by atoms with van der Waals surface area (Å²) < 4.78 is 7.28. The van der Waals surface area contributed by atoms with Crippen LogP contribution in [-0.2, 0) is 0 Å². The molecule has 0 spiro atoms. The molecule has 2 aromatic heterocycles. The van der Waals surface area contributed by atoms with Crippen LogP contribution in [0.2, 0.25) is 0 Å². The predicted octanol–water partition coefficient (Wildman–Crippen LogP) is 4.46. The molecule has 144 valence electrons. The van der Waals surface area contributed by atoms with Gasteiger partial charge in [0.15, 0.2) is 5.11 Å². The second-order valence-corrected chi connectivity index (χ2v) is 7.91. The third-order valence-corrected chi connectivity index (χ3v) is 5.68. The highest BCUT2D eigenvalue weighted by atomic mass is 79.9. The summed E-state index contributed by atoms with van der Waals surface area (Å²) in [5.74, 6) is 1.63. The topological polar surface area (TPSA) is 61.5 Å². The van der Waals surface area contributed by atoms with Crippen LogP contribution in [0.15, 0.2) is 69.7 Å². The van der Waals surface area contributed by atoms with Gasteiger partial charge in [0.1, 0.15) is 17.6 Å². The Labute approximate surface area is 177 Å². The Bertz CT molecular complexity index is 946. The van der Waals surface area contributed by atoms with Crippen molar-refractivity contribution in [3.05, 3.63) is 76.7 Å². The number of aliphatic hydroxyl groups excluding tert-OH is 1. The third kappa shape index (κ3) is 3.83. The van der Waals surface area contributed by atoms with Gasteiger partial charge in [-0.2, -0.15) is 0 Å². The fraction of sp³-hybridized carbons (Fsp3) is 0.238. The molecule has 1 aliphatic rings. The minimum atomic E-state index is -0.127. The van der Waals surface area contributed by atoms with E-state index >= 15 is 0 Å². The van der Waals surface area contributed by atoms with E-state index in [4.69, 9.17) is 16.6 Å². The van der Waals surface area contributed by atoms with Gasteiger partial charge in [0.25, 0.3) is 0 Å². The molecule has 5 nitrogen and oxygen atoms in total. The fourth-order valence-corrected chi connectivity index (χ4v) is 4.07. The molecular formula is C21H20BrN3O2S. The number of nitrogens with zero attached hydrogens (tertiary/aromatic N) is 2. The van der Waals surface area contributed by atoms with Crippen molar-refractivity contribution >= 4 is 33.3 Å². The van der Waals surface area contributed by atoms with Crippen molar-refractivity contribution in [3.8, 4) is 11.3 Å². The molecule has 0 amide bonds. The Kier molecular flexibility index (Phi) is 5.75. The normalized spacial score (nSPS) is 19.1. The van der Waals surface area contributed by atoms with Gasteiger partial charge < -0.3 is 19.7 Å². The lowest BCUT2D eigenvalue weighted by atomic mass is 10.0. The van der Waals surface area contributed by atoms with E-state index in [1.165, 1.54) is 0 Å². The van der Waals surface area contributed by atoms with Crippen molar-refractivity contribution in [1.82, 2.24) is 15.2 Å². The van der Waals surface area contributed by atoms with Crippen molar-refractivity contribution < 1.29 is 9.52 Å². The van der Waals surface area contributed by atoms with Gasteiger partial charge in [-0.1, -0.05) is 34.1 Å². The Balaban J connectivity index is 1.70. The third-order valence-electron chi connectivity index (χ3n) is 4.80. The summed E-state index contributed by atoms with van der Waals surface area (Å²) in [7, 11) is 0. The Morgan fingerprint density at radius 2 is 1.96 bits per heavy atom. The van der Waals surface area contributed by atoms with E-state index in [-0.39, 0.29) is 18.7 Å². The quantitative estimate of drug-likeness (QED) is 0.532. The monoisotopic (exact) mass is 457 g/mol. The van der Waals surface area contributed by atoms with E-state index in [2.05, 4.69) is 31.1 Å². The van der Waals surface area contributed by atoms with Crippen molar-refractivity contribution in [2.24, 2.45) is 0 Å². The van der Waals surface area contributed by atoms with Crippen LogP contribution in [-0.4, -0.2) is 33.3 Å². The first-order valence-corrected chi connectivity index (χ1v) is 10.3. The molecule has 1 fully saturated rings. The highest BCUT2D eigenvalue weighted by Gasteiger charge is 2.41. The predicted molar refractivity (Wildman–Crippen MR) is 116 cm³/mol. The van der Waals surface area contributed by atoms with Crippen LogP contribution in [0, 0.1) is 0 Å². The number of nitrogens with one attached hydrogen (secondary N) is 1. The lowest BCUT2D eigenvalue weighted by Gasteiger charge is -2.25. The minimum Gasteiger partial charge on any atom is -0.459 e. The fourth-order valence-electron chi connectivity index (χ4n) is 3.48. The number of hydrogen-bond acceptors (Lipinski definition) is 4. The number of thiocarbonyl (C=S) groups is 1.